The lowest BCUT2D eigenvalue weighted by Gasteiger charge is -2.33. The molecule has 19 heavy (non-hydrogen) atoms. The highest BCUT2D eigenvalue weighted by Crippen LogP contribution is 2.38. The number of carbonyl (C=O) groups excluding carboxylic acids is 1. The average Bonchev–Trinajstić information content (AvgIpc) is 2.40. The van der Waals surface area contributed by atoms with Crippen LogP contribution in [0.15, 0.2) is 48.5 Å². The number of ketones is 1. The van der Waals surface area contributed by atoms with Crippen molar-refractivity contribution < 1.29 is 19.7 Å². The van der Waals surface area contributed by atoms with Crippen LogP contribution in [0.1, 0.15) is 11.1 Å². The first-order valence-corrected chi connectivity index (χ1v) is 5.92. The van der Waals surface area contributed by atoms with E-state index in [1.165, 1.54) is 12.1 Å². The fourth-order valence-electron chi connectivity index (χ4n) is 2.22. The number of hydrogen-bond acceptors (Lipinski definition) is 4. The highest BCUT2D eigenvalue weighted by molar-refractivity contribution is 5.91. The van der Waals surface area contributed by atoms with Gasteiger partial charge in [0.15, 0.2) is 0 Å². The molecule has 0 amide bonds. The summed E-state index contributed by atoms with van der Waals surface area (Å²) in [7, 11) is 0. The number of aromatic hydroxyl groups is 1. The highest BCUT2D eigenvalue weighted by atomic mass is 16.6. The molecule has 0 aromatic heterocycles. The first kappa shape index (κ1) is 11.7. The van der Waals surface area contributed by atoms with Crippen LogP contribution in [0.2, 0.25) is 0 Å². The summed E-state index contributed by atoms with van der Waals surface area (Å²) < 4.78 is 5.44. The number of benzene rings is 2. The van der Waals surface area contributed by atoms with E-state index >= 15 is 0 Å². The maximum absolute atomic E-state index is 12.1. The predicted octanol–water partition coefficient (Wildman–Crippen LogP) is 1.74. The van der Waals surface area contributed by atoms with E-state index in [4.69, 9.17) is 4.74 Å². The zero-order valence-electron chi connectivity index (χ0n) is 10.0. The Morgan fingerprint density at radius 1 is 1.05 bits per heavy atom. The van der Waals surface area contributed by atoms with Gasteiger partial charge >= 0.3 is 0 Å². The number of carbonyl (C=O) groups is 1. The summed E-state index contributed by atoms with van der Waals surface area (Å²) in [6, 6.07) is 13.2. The van der Waals surface area contributed by atoms with Crippen molar-refractivity contribution in [2.75, 3.05) is 0 Å². The zero-order chi connectivity index (χ0) is 13.5. The molecule has 2 aromatic rings. The SMILES string of the molecule is O=C1Cc2ccccc2OC1(O)c1ccccc1O. The van der Waals surface area contributed by atoms with Gasteiger partial charge in [0, 0.05) is 12.0 Å². The second-order valence-electron chi connectivity index (χ2n) is 4.47. The van der Waals surface area contributed by atoms with E-state index in [0.29, 0.717) is 5.75 Å². The van der Waals surface area contributed by atoms with E-state index in [-0.39, 0.29) is 17.7 Å². The molecule has 2 N–H and O–H groups in total. The first-order chi connectivity index (χ1) is 9.11. The summed E-state index contributed by atoms with van der Waals surface area (Å²) in [5.41, 5.74) is 0.794. The third-order valence-corrected chi connectivity index (χ3v) is 3.23. The molecular weight excluding hydrogens is 244 g/mol. The maximum atomic E-state index is 12.1. The Balaban J connectivity index is 2.11. The Morgan fingerprint density at radius 3 is 2.53 bits per heavy atom. The molecule has 1 aliphatic heterocycles. The van der Waals surface area contributed by atoms with Gasteiger partial charge < -0.3 is 14.9 Å². The van der Waals surface area contributed by atoms with Crippen molar-refractivity contribution in [1.29, 1.82) is 0 Å². The van der Waals surface area contributed by atoms with Crippen molar-refractivity contribution in [1.82, 2.24) is 0 Å². The largest absolute Gasteiger partial charge is 0.507 e. The van der Waals surface area contributed by atoms with E-state index in [0.717, 1.165) is 5.56 Å². The molecule has 1 atom stereocenters. The molecule has 3 rings (SSSR count). The number of rotatable bonds is 1. The van der Waals surface area contributed by atoms with Gasteiger partial charge in [-0.3, -0.25) is 4.79 Å². The number of Topliss-reactive ketones (excluding diaryl/α,β-unsaturated/α-hetero) is 1. The number of phenolic OH excluding ortho intramolecular Hbond substituents is 1. The Bertz CT molecular complexity index is 650. The molecule has 96 valence electrons. The molecule has 0 radical (unpaired) electrons. The van der Waals surface area contributed by atoms with Crippen LogP contribution in [0.4, 0.5) is 0 Å². The number of para-hydroxylation sites is 2. The Labute approximate surface area is 109 Å². The molecule has 1 aliphatic rings. The highest BCUT2D eigenvalue weighted by Gasteiger charge is 2.45. The lowest BCUT2D eigenvalue weighted by Crippen LogP contribution is -2.45. The number of ether oxygens (including phenoxy) is 1. The number of phenols is 1. The standard InChI is InChI=1S/C15H12O4/c16-12-7-3-2-6-11(12)15(18)14(17)9-10-5-1-4-8-13(10)19-15/h1-8,16,18H,9H2. The Kier molecular flexibility index (Phi) is 2.54. The van der Waals surface area contributed by atoms with Crippen LogP contribution in [-0.4, -0.2) is 16.0 Å². The minimum atomic E-state index is -2.13. The van der Waals surface area contributed by atoms with E-state index in [1.54, 1.807) is 36.4 Å². The molecule has 0 saturated carbocycles. The molecule has 0 bridgehead atoms. The summed E-state index contributed by atoms with van der Waals surface area (Å²) in [6.07, 6.45) is 0.0704. The van der Waals surface area contributed by atoms with Gasteiger partial charge in [0.25, 0.3) is 5.79 Å². The number of fused-ring (bicyclic) bond motifs is 1. The van der Waals surface area contributed by atoms with Crippen LogP contribution < -0.4 is 4.74 Å². The van der Waals surface area contributed by atoms with Crippen molar-refractivity contribution in [2.45, 2.75) is 12.2 Å². The van der Waals surface area contributed by atoms with Crippen LogP contribution in [-0.2, 0) is 17.0 Å². The van der Waals surface area contributed by atoms with Crippen molar-refractivity contribution >= 4 is 5.78 Å². The van der Waals surface area contributed by atoms with Gasteiger partial charge in [-0.15, -0.1) is 0 Å². The third-order valence-electron chi connectivity index (χ3n) is 3.23. The normalized spacial score (nSPS) is 21.6. The monoisotopic (exact) mass is 256 g/mol. The summed E-state index contributed by atoms with van der Waals surface area (Å²) in [5, 5.41) is 20.3. The lowest BCUT2D eigenvalue weighted by molar-refractivity contribution is -0.180. The van der Waals surface area contributed by atoms with Gasteiger partial charge in [0.2, 0.25) is 5.78 Å². The first-order valence-electron chi connectivity index (χ1n) is 5.92. The summed E-state index contributed by atoms with van der Waals surface area (Å²) >= 11 is 0. The van der Waals surface area contributed by atoms with Crippen molar-refractivity contribution in [3.8, 4) is 11.5 Å². The lowest BCUT2D eigenvalue weighted by atomic mass is 9.92. The van der Waals surface area contributed by atoms with Gasteiger partial charge in [-0.25, -0.2) is 0 Å². The van der Waals surface area contributed by atoms with Crippen LogP contribution in [0.25, 0.3) is 0 Å². The van der Waals surface area contributed by atoms with Crippen molar-refractivity contribution in [3.63, 3.8) is 0 Å². The smallest absolute Gasteiger partial charge is 0.299 e. The van der Waals surface area contributed by atoms with Crippen LogP contribution in [0.5, 0.6) is 11.5 Å². The molecule has 2 aromatic carbocycles. The van der Waals surface area contributed by atoms with Crippen molar-refractivity contribution in [3.05, 3.63) is 59.7 Å². The topological polar surface area (TPSA) is 66.8 Å². The summed E-state index contributed by atoms with van der Waals surface area (Å²) in [5.74, 6) is -2.34. The zero-order valence-corrected chi connectivity index (χ0v) is 10.0. The van der Waals surface area contributed by atoms with Gasteiger partial charge in [-0.2, -0.15) is 0 Å². The third kappa shape index (κ3) is 1.77. The van der Waals surface area contributed by atoms with Gasteiger partial charge in [0.05, 0.1) is 5.56 Å². The fraction of sp³-hybridized carbons (Fsp3) is 0.133. The Morgan fingerprint density at radius 2 is 1.74 bits per heavy atom. The minimum Gasteiger partial charge on any atom is -0.507 e. The quantitative estimate of drug-likeness (QED) is 0.815. The van der Waals surface area contributed by atoms with Crippen LogP contribution in [0, 0.1) is 0 Å². The molecule has 1 unspecified atom stereocenters. The van der Waals surface area contributed by atoms with E-state index in [1.807, 2.05) is 0 Å². The van der Waals surface area contributed by atoms with Gasteiger partial charge in [0.1, 0.15) is 11.5 Å². The average molecular weight is 256 g/mol. The summed E-state index contributed by atoms with van der Waals surface area (Å²) in [6.45, 7) is 0. The molecule has 0 aliphatic carbocycles. The Hall–Kier alpha value is -2.33. The molecular formula is C15H12O4. The number of aliphatic hydroxyl groups is 1. The number of hydrogen-bond donors (Lipinski definition) is 2. The molecule has 4 nitrogen and oxygen atoms in total. The molecule has 1 heterocycles. The molecule has 0 spiro atoms. The minimum absolute atomic E-state index is 0.0644. The summed E-state index contributed by atoms with van der Waals surface area (Å²) in [4.78, 5) is 12.1. The van der Waals surface area contributed by atoms with E-state index in [9.17, 15) is 15.0 Å². The molecule has 4 heteroatoms. The van der Waals surface area contributed by atoms with Gasteiger partial charge in [-0.05, 0) is 18.2 Å². The maximum Gasteiger partial charge on any atom is 0.299 e. The van der Waals surface area contributed by atoms with Gasteiger partial charge in [-0.1, -0.05) is 30.3 Å². The second kappa shape index (κ2) is 4.10. The van der Waals surface area contributed by atoms with E-state index in [2.05, 4.69) is 0 Å². The van der Waals surface area contributed by atoms with Crippen LogP contribution >= 0.6 is 0 Å². The van der Waals surface area contributed by atoms with E-state index < -0.39 is 11.6 Å². The molecule has 0 fully saturated rings. The van der Waals surface area contributed by atoms with Crippen LogP contribution in [0.3, 0.4) is 0 Å². The molecule has 0 saturated heterocycles. The fourth-order valence-corrected chi connectivity index (χ4v) is 2.22. The van der Waals surface area contributed by atoms with Crippen molar-refractivity contribution in [2.24, 2.45) is 0 Å². The second-order valence-corrected chi connectivity index (χ2v) is 4.47. The predicted molar refractivity (Wildman–Crippen MR) is 67.8 cm³/mol.